The van der Waals surface area contributed by atoms with Gasteiger partial charge in [-0.2, -0.15) is 0 Å². The Morgan fingerprint density at radius 2 is 1.67 bits per heavy atom. The highest BCUT2D eigenvalue weighted by Gasteiger charge is 2.31. The van der Waals surface area contributed by atoms with Crippen molar-refractivity contribution in [2.75, 3.05) is 6.54 Å². The molecule has 0 spiro atoms. The van der Waals surface area contributed by atoms with Gasteiger partial charge in [-0.1, -0.05) is 52.8 Å². The zero-order valence-electron chi connectivity index (χ0n) is 17.2. The quantitative estimate of drug-likeness (QED) is 0.450. The first-order valence-electron chi connectivity index (χ1n) is 10.3. The number of rotatable bonds is 5. The molecule has 2 aromatic carbocycles. The molecule has 0 amide bonds. The Bertz CT molecular complexity index is 1130. The largest absolute Gasteiger partial charge is 0.441 e. The Morgan fingerprint density at radius 3 is 2.40 bits per heavy atom. The van der Waals surface area contributed by atoms with Gasteiger partial charge < -0.3 is 4.42 Å². The number of nitrogens with zero attached hydrogens (tertiary/aromatic N) is 4. The SMILES string of the molecule is Cc1nonc1[C@H]1CCCN1Cc1nc(-c2ccc(-c3ccccc3)cc2)oc1C. The molecular weight excluding hydrogens is 376 g/mol. The number of hydrogen-bond donors (Lipinski definition) is 0. The second kappa shape index (κ2) is 7.88. The summed E-state index contributed by atoms with van der Waals surface area (Å²) in [6.07, 6.45) is 2.18. The maximum absolute atomic E-state index is 6.02. The molecule has 0 bridgehead atoms. The molecule has 0 saturated carbocycles. The fourth-order valence-electron chi connectivity index (χ4n) is 4.19. The van der Waals surface area contributed by atoms with Gasteiger partial charge in [0, 0.05) is 12.1 Å². The van der Waals surface area contributed by atoms with Gasteiger partial charge in [0.2, 0.25) is 5.89 Å². The van der Waals surface area contributed by atoms with Crippen LogP contribution in [0.15, 0.2) is 63.6 Å². The molecule has 1 atom stereocenters. The van der Waals surface area contributed by atoms with E-state index in [2.05, 4.69) is 63.7 Å². The van der Waals surface area contributed by atoms with Crippen molar-refractivity contribution in [3.05, 3.63) is 77.4 Å². The standard InChI is InChI=1S/C24H24N4O2/c1-16-23(27-30-26-16)22-9-6-14-28(22)15-21-17(2)29-24(25-21)20-12-10-19(11-13-20)18-7-4-3-5-8-18/h3-5,7-8,10-13,22H,6,9,14-15H2,1-2H3/t22-/m1/s1. The fraction of sp³-hybridized carbons (Fsp3) is 0.292. The molecule has 1 aliphatic rings. The van der Waals surface area contributed by atoms with E-state index in [1.54, 1.807) is 0 Å². The van der Waals surface area contributed by atoms with Crippen LogP contribution in [0.3, 0.4) is 0 Å². The van der Waals surface area contributed by atoms with E-state index >= 15 is 0 Å². The molecule has 4 aromatic rings. The van der Waals surface area contributed by atoms with Gasteiger partial charge >= 0.3 is 0 Å². The molecule has 152 valence electrons. The Morgan fingerprint density at radius 1 is 0.933 bits per heavy atom. The minimum Gasteiger partial charge on any atom is -0.441 e. The van der Waals surface area contributed by atoms with E-state index in [4.69, 9.17) is 14.0 Å². The van der Waals surface area contributed by atoms with Crippen molar-refractivity contribution in [2.24, 2.45) is 0 Å². The topological polar surface area (TPSA) is 68.2 Å². The minimum atomic E-state index is 0.223. The van der Waals surface area contributed by atoms with E-state index in [-0.39, 0.29) is 6.04 Å². The Labute approximate surface area is 175 Å². The normalized spacial score (nSPS) is 16.9. The third-order valence-corrected chi connectivity index (χ3v) is 5.85. The number of likely N-dealkylation sites (tertiary alicyclic amines) is 1. The Hall–Kier alpha value is -3.25. The molecule has 0 aliphatic carbocycles. The lowest BCUT2D eigenvalue weighted by Gasteiger charge is -2.21. The minimum absolute atomic E-state index is 0.223. The van der Waals surface area contributed by atoms with E-state index in [9.17, 15) is 0 Å². The number of oxazole rings is 1. The molecule has 3 heterocycles. The molecule has 2 aromatic heterocycles. The first-order valence-corrected chi connectivity index (χ1v) is 10.3. The highest BCUT2D eigenvalue weighted by Crippen LogP contribution is 2.34. The average molecular weight is 400 g/mol. The van der Waals surface area contributed by atoms with Gasteiger partial charge in [-0.25, -0.2) is 9.61 Å². The maximum Gasteiger partial charge on any atom is 0.226 e. The summed E-state index contributed by atoms with van der Waals surface area (Å²) in [6.45, 7) is 5.66. The van der Waals surface area contributed by atoms with Gasteiger partial charge in [0.25, 0.3) is 0 Å². The highest BCUT2D eigenvalue weighted by atomic mass is 16.6. The molecule has 1 aliphatic heterocycles. The highest BCUT2D eigenvalue weighted by molar-refractivity contribution is 5.67. The lowest BCUT2D eigenvalue weighted by molar-refractivity contribution is 0.228. The fourth-order valence-corrected chi connectivity index (χ4v) is 4.19. The van der Waals surface area contributed by atoms with Crippen molar-refractivity contribution in [1.82, 2.24) is 20.2 Å². The lowest BCUT2D eigenvalue weighted by Crippen LogP contribution is -2.24. The van der Waals surface area contributed by atoms with Crippen LogP contribution in [0.5, 0.6) is 0 Å². The zero-order valence-corrected chi connectivity index (χ0v) is 17.2. The van der Waals surface area contributed by atoms with Crippen molar-refractivity contribution >= 4 is 0 Å². The summed E-state index contributed by atoms with van der Waals surface area (Å²) in [5.74, 6) is 1.52. The smallest absolute Gasteiger partial charge is 0.226 e. The van der Waals surface area contributed by atoms with E-state index in [1.807, 2.05) is 19.9 Å². The first-order chi connectivity index (χ1) is 14.7. The lowest BCUT2D eigenvalue weighted by atomic mass is 10.0. The van der Waals surface area contributed by atoms with Crippen LogP contribution >= 0.6 is 0 Å². The molecule has 6 heteroatoms. The van der Waals surface area contributed by atoms with Crippen molar-refractivity contribution in [2.45, 2.75) is 39.3 Å². The van der Waals surface area contributed by atoms with Gasteiger partial charge in [-0.15, -0.1) is 0 Å². The molecule has 0 N–H and O–H groups in total. The summed E-state index contributed by atoms with van der Waals surface area (Å²) in [4.78, 5) is 7.20. The second-order valence-corrected chi connectivity index (χ2v) is 7.83. The molecule has 1 saturated heterocycles. The predicted molar refractivity (Wildman–Crippen MR) is 114 cm³/mol. The van der Waals surface area contributed by atoms with E-state index in [0.717, 1.165) is 54.3 Å². The van der Waals surface area contributed by atoms with Crippen LogP contribution in [0.1, 0.15) is 41.7 Å². The summed E-state index contributed by atoms with van der Waals surface area (Å²) < 4.78 is 10.9. The molecular formula is C24H24N4O2. The number of benzene rings is 2. The van der Waals surface area contributed by atoms with Crippen LogP contribution < -0.4 is 0 Å². The van der Waals surface area contributed by atoms with E-state index in [0.29, 0.717) is 5.89 Å². The Kier molecular flexibility index (Phi) is 4.93. The summed E-state index contributed by atoms with van der Waals surface area (Å²) >= 11 is 0. The van der Waals surface area contributed by atoms with Crippen LogP contribution in [0.2, 0.25) is 0 Å². The average Bonchev–Trinajstić information content (AvgIpc) is 3.50. The van der Waals surface area contributed by atoms with E-state index < -0.39 is 0 Å². The van der Waals surface area contributed by atoms with E-state index in [1.165, 1.54) is 11.1 Å². The van der Waals surface area contributed by atoms with Gasteiger partial charge in [-0.3, -0.25) is 4.90 Å². The third kappa shape index (κ3) is 3.55. The van der Waals surface area contributed by atoms with Crippen molar-refractivity contribution in [3.63, 3.8) is 0 Å². The number of hydrogen-bond acceptors (Lipinski definition) is 6. The van der Waals surface area contributed by atoms with Gasteiger partial charge in [0.05, 0.1) is 11.7 Å². The first kappa shape index (κ1) is 18.8. The summed E-state index contributed by atoms with van der Waals surface area (Å²) in [7, 11) is 0. The summed E-state index contributed by atoms with van der Waals surface area (Å²) in [5, 5.41) is 8.07. The third-order valence-electron chi connectivity index (χ3n) is 5.85. The van der Waals surface area contributed by atoms with Crippen LogP contribution in [-0.2, 0) is 6.54 Å². The van der Waals surface area contributed by atoms with Crippen LogP contribution in [0, 0.1) is 13.8 Å². The van der Waals surface area contributed by atoms with Gasteiger partial charge in [-0.05, 0) is 56.5 Å². The van der Waals surface area contributed by atoms with Gasteiger partial charge in [0.15, 0.2) is 0 Å². The summed E-state index contributed by atoms with van der Waals surface area (Å²) in [6, 6.07) is 18.9. The molecule has 30 heavy (non-hydrogen) atoms. The second-order valence-electron chi connectivity index (χ2n) is 7.83. The Balaban J connectivity index is 1.35. The van der Waals surface area contributed by atoms with Gasteiger partial charge in [0.1, 0.15) is 17.1 Å². The zero-order chi connectivity index (χ0) is 20.5. The molecule has 0 unspecified atom stereocenters. The molecule has 1 fully saturated rings. The number of aromatic nitrogens is 3. The number of aryl methyl sites for hydroxylation is 2. The monoisotopic (exact) mass is 400 g/mol. The van der Waals surface area contributed by atoms with Crippen LogP contribution in [-0.4, -0.2) is 26.7 Å². The molecule has 5 rings (SSSR count). The molecule has 0 radical (unpaired) electrons. The summed E-state index contributed by atoms with van der Waals surface area (Å²) in [5.41, 5.74) is 6.13. The van der Waals surface area contributed by atoms with Crippen molar-refractivity contribution in [3.8, 4) is 22.6 Å². The van der Waals surface area contributed by atoms with Crippen LogP contribution in [0.25, 0.3) is 22.6 Å². The van der Waals surface area contributed by atoms with Crippen molar-refractivity contribution < 1.29 is 9.05 Å². The molecule has 6 nitrogen and oxygen atoms in total. The predicted octanol–water partition coefficient (Wildman–Crippen LogP) is 5.35. The maximum atomic E-state index is 6.02. The van der Waals surface area contributed by atoms with Crippen LogP contribution in [0.4, 0.5) is 0 Å². The van der Waals surface area contributed by atoms with Crippen molar-refractivity contribution in [1.29, 1.82) is 0 Å².